The summed E-state index contributed by atoms with van der Waals surface area (Å²) in [6, 6.07) is 0. The number of esters is 3. The highest BCUT2D eigenvalue weighted by Gasteiger charge is 2.19. The number of rotatable bonds is 58. The normalized spacial score (nSPS) is 12.5. The van der Waals surface area contributed by atoms with E-state index in [0.717, 1.165) is 103 Å². The molecule has 0 saturated carbocycles. The molecule has 428 valence electrons. The van der Waals surface area contributed by atoms with E-state index in [9.17, 15) is 14.4 Å². The summed E-state index contributed by atoms with van der Waals surface area (Å²) in [4.78, 5) is 38.2. The van der Waals surface area contributed by atoms with Crippen molar-refractivity contribution in [2.45, 2.75) is 329 Å². The Morgan fingerprint density at radius 3 is 0.892 bits per heavy atom. The standard InChI is InChI=1S/C68H120O6/c1-4-7-10-13-16-19-22-24-26-28-29-30-31-32-33-34-35-36-37-38-39-41-42-44-46-49-52-55-58-61-67(70)73-64-65(63-72-66(69)60-57-54-51-48-21-18-15-12-9-6-3)74-68(71)62-59-56-53-50-47-45-43-40-27-25-23-20-17-14-11-8-5-2/h8,11-12,15,17,20,22,24-25,27-29,65H,4-7,9-10,13-14,16,18-19,21,23,26,30-64H2,1-3H3/b11-8-,15-12-,20-17-,24-22-,27-25-,29-28-. The van der Waals surface area contributed by atoms with Crippen LogP contribution in [0.4, 0.5) is 0 Å². The second-order valence-electron chi connectivity index (χ2n) is 21.3. The summed E-state index contributed by atoms with van der Waals surface area (Å²) in [7, 11) is 0. The van der Waals surface area contributed by atoms with Crippen LogP contribution in [-0.2, 0) is 28.6 Å². The van der Waals surface area contributed by atoms with E-state index in [4.69, 9.17) is 14.2 Å². The first kappa shape index (κ1) is 70.8. The largest absolute Gasteiger partial charge is 0.462 e. The van der Waals surface area contributed by atoms with Crippen LogP contribution in [0.3, 0.4) is 0 Å². The van der Waals surface area contributed by atoms with Crippen LogP contribution in [0.25, 0.3) is 0 Å². The molecule has 0 bridgehead atoms. The van der Waals surface area contributed by atoms with E-state index < -0.39 is 6.10 Å². The van der Waals surface area contributed by atoms with Gasteiger partial charge in [0, 0.05) is 19.3 Å². The smallest absolute Gasteiger partial charge is 0.306 e. The highest BCUT2D eigenvalue weighted by atomic mass is 16.6. The molecule has 0 aromatic carbocycles. The number of hydrogen-bond donors (Lipinski definition) is 0. The average molecular weight is 1030 g/mol. The molecule has 0 rings (SSSR count). The Kier molecular flexibility index (Phi) is 59.7. The molecule has 0 aliphatic rings. The van der Waals surface area contributed by atoms with E-state index in [2.05, 4.69) is 93.7 Å². The van der Waals surface area contributed by atoms with Crippen molar-refractivity contribution >= 4 is 17.9 Å². The lowest BCUT2D eigenvalue weighted by atomic mass is 10.0. The Labute approximate surface area is 459 Å². The van der Waals surface area contributed by atoms with Crippen molar-refractivity contribution in [2.24, 2.45) is 0 Å². The summed E-state index contributed by atoms with van der Waals surface area (Å²) < 4.78 is 16.9. The molecule has 0 heterocycles. The van der Waals surface area contributed by atoms with E-state index in [1.54, 1.807) is 0 Å². The lowest BCUT2D eigenvalue weighted by Crippen LogP contribution is -2.30. The zero-order valence-electron chi connectivity index (χ0n) is 49.1. The van der Waals surface area contributed by atoms with Gasteiger partial charge in [-0.25, -0.2) is 0 Å². The predicted molar refractivity (Wildman–Crippen MR) is 321 cm³/mol. The second kappa shape index (κ2) is 62.4. The van der Waals surface area contributed by atoms with Crippen LogP contribution in [0.15, 0.2) is 72.9 Å². The number of allylic oxidation sites excluding steroid dienone is 12. The number of hydrogen-bond acceptors (Lipinski definition) is 6. The van der Waals surface area contributed by atoms with E-state index >= 15 is 0 Å². The molecule has 1 atom stereocenters. The number of unbranched alkanes of at least 4 members (excludes halogenated alkanes) is 35. The van der Waals surface area contributed by atoms with Crippen molar-refractivity contribution in [1.82, 2.24) is 0 Å². The SMILES string of the molecule is CC/C=C\C/C=C\C/C=C\CCCCCCCCCC(=O)OC(COC(=O)CCCCCCC/C=C\CCC)COC(=O)CCCCCCCCCCCCCCCCCCC/C=C\C/C=C\CCCCCCC. The van der Waals surface area contributed by atoms with Gasteiger partial charge in [-0.15, -0.1) is 0 Å². The summed E-state index contributed by atoms with van der Waals surface area (Å²) in [5, 5.41) is 0. The summed E-state index contributed by atoms with van der Waals surface area (Å²) in [6.45, 7) is 6.47. The Bertz CT molecular complexity index is 1370. The minimum absolute atomic E-state index is 0.0800. The molecule has 0 aromatic heterocycles. The Morgan fingerprint density at radius 2 is 0.554 bits per heavy atom. The minimum atomic E-state index is -0.783. The average Bonchev–Trinajstić information content (AvgIpc) is 3.40. The van der Waals surface area contributed by atoms with E-state index in [1.807, 2.05) is 0 Å². The summed E-state index contributed by atoms with van der Waals surface area (Å²) >= 11 is 0. The van der Waals surface area contributed by atoms with E-state index in [0.29, 0.717) is 19.3 Å². The van der Waals surface area contributed by atoms with Crippen LogP contribution in [0.1, 0.15) is 323 Å². The molecule has 6 heteroatoms. The monoisotopic (exact) mass is 1030 g/mol. The van der Waals surface area contributed by atoms with Crippen LogP contribution in [0.2, 0.25) is 0 Å². The molecule has 0 N–H and O–H groups in total. The van der Waals surface area contributed by atoms with Crippen molar-refractivity contribution in [3.63, 3.8) is 0 Å². The molecule has 1 unspecified atom stereocenters. The molecule has 0 saturated heterocycles. The fourth-order valence-corrected chi connectivity index (χ4v) is 9.14. The zero-order chi connectivity index (χ0) is 53.6. The fourth-order valence-electron chi connectivity index (χ4n) is 9.14. The lowest BCUT2D eigenvalue weighted by Gasteiger charge is -2.18. The van der Waals surface area contributed by atoms with Crippen LogP contribution < -0.4 is 0 Å². The Hall–Kier alpha value is -3.15. The molecule has 0 amide bonds. The van der Waals surface area contributed by atoms with Gasteiger partial charge < -0.3 is 14.2 Å². The predicted octanol–water partition coefficient (Wildman–Crippen LogP) is 21.7. The van der Waals surface area contributed by atoms with Gasteiger partial charge in [0.1, 0.15) is 13.2 Å². The molecule has 0 aliphatic carbocycles. The third-order valence-electron chi connectivity index (χ3n) is 13.9. The van der Waals surface area contributed by atoms with Crippen molar-refractivity contribution < 1.29 is 28.6 Å². The van der Waals surface area contributed by atoms with Gasteiger partial charge in [-0.3, -0.25) is 14.4 Å². The number of ether oxygens (including phenoxy) is 3. The molecule has 0 spiro atoms. The van der Waals surface area contributed by atoms with Crippen LogP contribution >= 0.6 is 0 Å². The van der Waals surface area contributed by atoms with Gasteiger partial charge in [0.25, 0.3) is 0 Å². The number of carbonyl (C=O) groups is 3. The molecule has 0 aliphatic heterocycles. The first-order valence-electron chi connectivity index (χ1n) is 31.9. The second-order valence-corrected chi connectivity index (χ2v) is 21.3. The van der Waals surface area contributed by atoms with Gasteiger partial charge >= 0.3 is 17.9 Å². The molecular weight excluding hydrogens is 913 g/mol. The molecule has 6 nitrogen and oxygen atoms in total. The van der Waals surface area contributed by atoms with Gasteiger partial charge in [-0.05, 0) is 103 Å². The zero-order valence-corrected chi connectivity index (χ0v) is 49.1. The van der Waals surface area contributed by atoms with Gasteiger partial charge in [0.15, 0.2) is 6.10 Å². The van der Waals surface area contributed by atoms with Gasteiger partial charge in [0.2, 0.25) is 0 Å². The van der Waals surface area contributed by atoms with Gasteiger partial charge in [-0.1, -0.05) is 273 Å². The molecule has 0 radical (unpaired) electrons. The van der Waals surface area contributed by atoms with Crippen molar-refractivity contribution in [2.75, 3.05) is 13.2 Å². The Morgan fingerprint density at radius 1 is 0.284 bits per heavy atom. The third kappa shape index (κ3) is 59.7. The summed E-state index contributed by atoms with van der Waals surface area (Å²) in [5.74, 6) is -0.889. The quantitative estimate of drug-likeness (QED) is 0.0261. The fraction of sp³-hybridized carbons (Fsp3) is 0.779. The van der Waals surface area contributed by atoms with Crippen molar-refractivity contribution in [1.29, 1.82) is 0 Å². The molecule has 74 heavy (non-hydrogen) atoms. The molecule has 0 fully saturated rings. The maximum Gasteiger partial charge on any atom is 0.306 e. The van der Waals surface area contributed by atoms with Crippen LogP contribution in [-0.4, -0.2) is 37.2 Å². The third-order valence-corrected chi connectivity index (χ3v) is 13.9. The highest BCUT2D eigenvalue weighted by molar-refractivity contribution is 5.71. The maximum absolute atomic E-state index is 12.9. The van der Waals surface area contributed by atoms with Crippen molar-refractivity contribution in [3.8, 4) is 0 Å². The summed E-state index contributed by atoms with van der Waals surface area (Å²) in [6.07, 6.45) is 80.7. The first-order chi connectivity index (χ1) is 36.5. The lowest BCUT2D eigenvalue weighted by molar-refractivity contribution is -0.167. The topological polar surface area (TPSA) is 78.9 Å². The molecule has 0 aromatic rings. The van der Waals surface area contributed by atoms with Gasteiger partial charge in [-0.2, -0.15) is 0 Å². The van der Waals surface area contributed by atoms with Crippen molar-refractivity contribution in [3.05, 3.63) is 72.9 Å². The van der Waals surface area contributed by atoms with Gasteiger partial charge in [0.05, 0.1) is 0 Å². The molecular formula is C68H120O6. The summed E-state index contributed by atoms with van der Waals surface area (Å²) in [5.41, 5.74) is 0. The van der Waals surface area contributed by atoms with E-state index in [1.165, 1.54) is 180 Å². The van der Waals surface area contributed by atoms with E-state index in [-0.39, 0.29) is 31.1 Å². The van der Waals surface area contributed by atoms with Crippen LogP contribution in [0.5, 0.6) is 0 Å². The number of carbonyl (C=O) groups excluding carboxylic acids is 3. The highest BCUT2D eigenvalue weighted by Crippen LogP contribution is 2.17. The minimum Gasteiger partial charge on any atom is -0.462 e. The maximum atomic E-state index is 12.9. The Balaban J connectivity index is 4.15. The first-order valence-corrected chi connectivity index (χ1v) is 31.9. The van der Waals surface area contributed by atoms with Crippen LogP contribution in [0, 0.1) is 0 Å².